The van der Waals surface area contributed by atoms with Crippen LogP contribution in [-0.2, 0) is 17.9 Å². The molecule has 7 heteroatoms. The Kier molecular flexibility index (Phi) is 12.7. The summed E-state index contributed by atoms with van der Waals surface area (Å²) >= 11 is 0. The summed E-state index contributed by atoms with van der Waals surface area (Å²) in [6.07, 6.45) is 1.13. The van der Waals surface area contributed by atoms with Crippen LogP contribution in [0.15, 0.2) is 48.5 Å². The van der Waals surface area contributed by atoms with Crippen molar-refractivity contribution in [1.29, 1.82) is 0 Å². The van der Waals surface area contributed by atoms with Gasteiger partial charge in [0.05, 0.1) is 20.3 Å². The Morgan fingerprint density at radius 2 is 1.76 bits per heavy atom. The number of nitrogens with one attached hydrogen (secondary N) is 1. The van der Waals surface area contributed by atoms with Crippen molar-refractivity contribution in [3.63, 3.8) is 0 Å². The zero-order chi connectivity index (χ0) is 18.7. The number of hydrogen-bond acceptors (Lipinski definition) is 5. The molecule has 2 aromatic carbocycles. The smallest absolute Gasteiger partial charge is 0.166 e. The van der Waals surface area contributed by atoms with E-state index in [1.165, 1.54) is 0 Å². The number of halogens is 2. The summed E-state index contributed by atoms with van der Waals surface area (Å²) < 4.78 is 17.0. The highest BCUT2D eigenvalue weighted by atomic mass is 35.5. The average molecular weight is 441 g/mol. The van der Waals surface area contributed by atoms with Gasteiger partial charge in [-0.05, 0) is 31.1 Å². The van der Waals surface area contributed by atoms with Crippen molar-refractivity contribution in [3.8, 4) is 11.5 Å². The van der Waals surface area contributed by atoms with Gasteiger partial charge in [0.1, 0.15) is 6.61 Å². The molecule has 1 saturated heterocycles. The topological polar surface area (TPSA) is 43.0 Å². The van der Waals surface area contributed by atoms with Gasteiger partial charge in [-0.3, -0.25) is 4.90 Å². The lowest BCUT2D eigenvalue weighted by atomic mass is 10.1. The van der Waals surface area contributed by atoms with Gasteiger partial charge in [0.2, 0.25) is 0 Å². The van der Waals surface area contributed by atoms with Crippen LogP contribution in [0.5, 0.6) is 11.5 Å². The lowest BCUT2D eigenvalue weighted by Crippen LogP contribution is -3.00. The van der Waals surface area contributed by atoms with Crippen molar-refractivity contribution in [3.05, 3.63) is 59.7 Å². The number of methoxy groups -OCH3 is 1. The standard InChI is InChI=1S/C22H30N2O3.2ClH/c1-25-21-10-5-9-20(22(21)27-18-19-7-3-2-4-8-19)17-23-11-6-12-24-13-15-26-16-14-24;;/h2-5,7-10,23H,6,11-18H2,1H3;2*1H/p-2. The van der Waals surface area contributed by atoms with Crippen LogP contribution < -0.4 is 39.6 Å². The van der Waals surface area contributed by atoms with Gasteiger partial charge in [0.25, 0.3) is 0 Å². The van der Waals surface area contributed by atoms with Gasteiger partial charge in [0.15, 0.2) is 11.5 Å². The SMILES string of the molecule is COc1cccc(CNCCCN2CCOCC2)c1OCc1ccccc1.[Cl-].[Cl-]. The van der Waals surface area contributed by atoms with Crippen LogP contribution in [-0.4, -0.2) is 51.4 Å². The fourth-order valence-corrected chi connectivity index (χ4v) is 3.23. The molecule has 1 aliphatic rings. The highest BCUT2D eigenvalue weighted by Crippen LogP contribution is 2.31. The third-order valence-electron chi connectivity index (χ3n) is 4.75. The molecule has 1 fully saturated rings. The van der Waals surface area contributed by atoms with Crippen molar-refractivity contribution in [1.82, 2.24) is 10.2 Å². The van der Waals surface area contributed by atoms with E-state index in [-0.39, 0.29) is 24.8 Å². The van der Waals surface area contributed by atoms with E-state index in [2.05, 4.69) is 28.4 Å². The van der Waals surface area contributed by atoms with Gasteiger partial charge in [0, 0.05) is 25.2 Å². The minimum Gasteiger partial charge on any atom is -1.00 e. The van der Waals surface area contributed by atoms with Crippen molar-refractivity contribution in [2.45, 2.75) is 19.6 Å². The molecule has 0 amide bonds. The third kappa shape index (κ3) is 8.41. The first-order valence-electron chi connectivity index (χ1n) is 9.70. The number of morpholine rings is 1. The quantitative estimate of drug-likeness (QED) is 0.401. The van der Waals surface area contributed by atoms with Crippen LogP contribution in [0.2, 0.25) is 0 Å². The first kappa shape index (κ1) is 25.5. The van der Waals surface area contributed by atoms with Crippen LogP contribution in [0.25, 0.3) is 0 Å². The fraction of sp³-hybridized carbons (Fsp3) is 0.455. The highest BCUT2D eigenvalue weighted by Gasteiger charge is 2.12. The Hall–Kier alpha value is -1.50. The predicted octanol–water partition coefficient (Wildman–Crippen LogP) is -2.91. The van der Waals surface area contributed by atoms with E-state index < -0.39 is 0 Å². The molecule has 1 aliphatic heterocycles. The van der Waals surface area contributed by atoms with Crippen LogP contribution in [0, 0.1) is 0 Å². The Bertz CT molecular complexity index is 683. The second-order valence-electron chi connectivity index (χ2n) is 6.71. The third-order valence-corrected chi connectivity index (χ3v) is 4.75. The molecular formula is C22H30Cl2N2O3-2. The normalized spacial score (nSPS) is 13.8. The van der Waals surface area contributed by atoms with Crippen molar-refractivity contribution < 1.29 is 39.0 Å². The summed E-state index contributed by atoms with van der Waals surface area (Å²) in [5.74, 6) is 1.60. The van der Waals surface area contributed by atoms with Crippen LogP contribution in [0.3, 0.4) is 0 Å². The van der Waals surface area contributed by atoms with Crippen LogP contribution in [0.4, 0.5) is 0 Å². The minimum atomic E-state index is 0. The minimum absolute atomic E-state index is 0. The summed E-state index contributed by atoms with van der Waals surface area (Å²) in [7, 11) is 1.68. The molecule has 0 aliphatic carbocycles. The van der Waals surface area contributed by atoms with E-state index in [0.29, 0.717) is 6.61 Å². The molecule has 0 atom stereocenters. The Morgan fingerprint density at radius 1 is 1.00 bits per heavy atom. The van der Waals surface area contributed by atoms with Gasteiger partial charge in [-0.25, -0.2) is 0 Å². The monoisotopic (exact) mass is 440 g/mol. The first-order chi connectivity index (χ1) is 13.4. The molecule has 0 unspecified atom stereocenters. The summed E-state index contributed by atoms with van der Waals surface area (Å²) in [4.78, 5) is 2.46. The number of ether oxygens (including phenoxy) is 3. The Morgan fingerprint density at radius 3 is 2.48 bits per heavy atom. The maximum absolute atomic E-state index is 6.11. The van der Waals surface area contributed by atoms with Gasteiger partial charge in [-0.2, -0.15) is 0 Å². The van der Waals surface area contributed by atoms with Crippen molar-refractivity contribution >= 4 is 0 Å². The first-order valence-corrected chi connectivity index (χ1v) is 9.70. The number of rotatable bonds is 10. The molecule has 0 aromatic heterocycles. The summed E-state index contributed by atoms with van der Waals surface area (Å²) in [5, 5.41) is 3.54. The molecule has 0 saturated carbocycles. The van der Waals surface area contributed by atoms with Crippen molar-refractivity contribution in [2.24, 2.45) is 0 Å². The highest BCUT2D eigenvalue weighted by molar-refractivity contribution is 5.46. The average Bonchev–Trinajstić information content (AvgIpc) is 2.73. The van der Waals surface area contributed by atoms with Crippen molar-refractivity contribution in [2.75, 3.05) is 46.5 Å². The van der Waals surface area contributed by atoms with E-state index in [0.717, 1.165) is 75.0 Å². The number of benzene rings is 2. The lowest BCUT2D eigenvalue weighted by Gasteiger charge is -2.26. The Balaban J connectivity index is 0.00000210. The molecule has 0 radical (unpaired) electrons. The van der Waals surface area contributed by atoms with E-state index in [9.17, 15) is 0 Å². The van der Waals surface area contributed by atoms with Crippen LogP contribution in [0.1, 0.15) is 17.5 Å². The second kappa shape index (κ2) is 14.5. The molecule has 3 rings (SSSR count). The van der Waals surface area contributed by atoms with Gasteiger partial charge in [-0.15, -0.1) is 0 Å². The van der Waals surface area contributed by atoms with E-state index in [4.69, 9.17) is 14.2 Å². The maximum atomic E-state index is 6.11. The number of nitrogens with zero attached hydrogens (tertiary/aromatic N) is 1. The van der Waals surface area contributed by atoms with E-state index in [1.54, 1.807) is 7.11 Å². The molecule has 5 nitrogen and oxygen atoms in total. The van der Waals surface area contributed by atoms with Gasteiger partial charge in [-0.1, -0.05) is 42.5 Å². The number of hydrogen-bond donors (Lipinski definition) is 1. The van der Waals surface area contributed by atoms with Gasteiger partial charge >= 0.3 is 0 Å². The maximum Gasteiger partial charge on any atom is 0.166 e. The Labute approximate surface area is 186 Å². The summed E-state index contributed by atoms with van der Waals surface area (Å²) in [6.45, 7) is 7.22. The molecule has 1 heterocycles. The largest absolute Gasteiger partial charge is 1.00 e. The molecule has 2 aromatic rings. The molecule has 0 bridgehead atoms. The van der Waals surface area contributed by atoms with E-state index in [1.807, 2.05) is 30.3 Å². The molecular weight excluding hydrogens is 411 g/mol. The summed E-state index contributed by atoms with van der Waals surface area (Å²) in [5.41, 5.74) is 2.27. The molecule has 162 valence electrons. The fourth-order valence-electron chi connectivity index (χ4n) is 3.23. The van der Waals surface area contributed by atoms with Gasteiger partial charge < -0.3 is 44.3 Å². The zero-order valence-corrected chi connectivity index (χ0v) is 18.4. The predicted molar refractivity (Wildman–Crippen MR) is 107 cm³/mol. The molecule has 0 spiro atoms. The van der Waals surface area contributed by atoms with E-state index >= 15 is 0 Å². The molecule has 1 N–H and O–H groups in total. The summed E-state index contributed by atoms with van der Waals surface area (Å²) in [6, 6.07) is 16.3. The van der Waals surface area contributed by atoms with Crippen LogP contribution >= 0.6 is 0 Å². The second-order valence-corrected chi connectivity index (χ2v) is 6.71. The zero-order valence-electron chi connectivity index (χ0n) is 16.9. The number of para-hydroxylation sites is 1. The lowest BCUT2D eigenvalue weighted by molar-refractivity contribution is -0.001000. The molecule has 29 heavy (non-hydrogen) atoms.